The van der Waals surface area contributed by atoms with Crippen LogP contribution in [0.15, 0.2) is 35.4 Å². The molecule has 4 nitrogen and oxygen atoms in total. The van der Waals surface area contributed by atoms with Gasteiger partial charge in [0, 0.05) is 16.2 Å². The van der Waals surface area contributed by atoms with Gasteiger partial charge in [0.1, 0.15) is 5.82 Å². The molecule has 1 heterocycles. The Hall–Kier alpha value is -0.890. The van der Waals surface area contributed by atoms with Crippen molar-refractivity contribution >= 4 is 32.6 Å². The summed E-state index contributed by atoms with van der Waals surface area (Å²) in [5.41, 5.74) is 0.709. The lowest BCUT2D eigenvalue weighted by Crippen LogP contribution is -2.15. The fraction of sp³-hybridized carbons (Fsp3) is 0.250. The smallest absolute Gasteiger partial charge is 0.238 e. The summed E-state index contributed by atoms with van der Waals surface area (Å²) in [6, 6.07) is 6.80. The van der Waals surface area contributed by atoms with Gasteiger partial charge in [-0.2, -0.15) is 0 Å². The van der Waals surface area contributed by atoms with Crippen LogP contribution in [0.25, 0.3) is 0 Å². The molecule has 2 rings (SSSR count). The highest BCUT2D eigenvalue weighted by atomic mass is 127. The van der Waals surface area contributed by atoms with Crippen LogP contribution in [0, 0.1) is 10.5 Å². The summed E-state index contributed by atoms with van der Waals surface area (Å²) in [6.07, 6.45) is 2.14. The predicted octanol–water partition coefficient (Wildman–Crippen LogP) is 2.60. The highest BCUT2D eigenvalue weighted by Crippen LogP contribution is 2.18. The van der Waals surface area contributed by atoms with Crippen LogP contribution >= 0.6 is 22.6 Å². The third kappa shape index (κ3) is 2.44. The third-order valence-corrected chi connectivity index (χ3v) is 4.97. The van der Waals surface area contributed by atoms with Crippen molar-refractivity contribution in [2.75, 3.05) is 0 Å². The average Bonchev–Trinajstić information content (AvgIpc) is 2.72. The quantitative estimate of drug-likeness (QED) is 0.774. The van der Waals surface area contributed by atoms with Crippen molar-refractivity contribution in [1.29, 1.82) is 0 Å². The standard InChI is InChI=1S/C12H13IN2O2S/c1-3-12-14-9(2)8-15(12)18(16,17)11-6-4-10(13)5-7-11/h4-8H,3H2,1-2H3. The van der Waals surface area contributed by atoms with E-state index in [4.69, 9.17) is 0 Å². The Morgan fingerprint density at radius 1 is 1.28 bits per heavy atom. The lowest BCUT2D eigenvalue weighted by atomic mass is 10.4. The number of halogens is 1. The summed E-state index contributed by atoms with van der Waals surface area (Å²) in [6.45, 7) is 3.68. The van der Waals surface area contributed by atoms with Crippen LogP contribution in [0.3, 0.4) is 0 Å². The van der Waals surface area contributed by atoms with Gasteiger partial charge in [-0.1, -0.05) is 6.92 Å². The van der Waals surface area contributed by atoms with Crippen LogP contribution in [-0.4, -0.2) is 17.4 Å². The Bertz CT molecular complexity index is 660. The van der Waals surface area contributed by atoms with Gasteiger partial charge in [-0.3, -0.25) is 0 Å². The van der Waals surface area contributed by atoms with E-state index >= 15 is 0 Å². The molecule has 0 aliphatic carbocycles. The first-order valence-corrected chi connectivity index (χ1v) is 8.03. The van der Waals surface area contributed by atoms with Gasteiger partial charge in [-0.25, -0.2) is 17.4 Å². The van der Waals surface area contributed by atoms with E-state index in [-0.39, 0.29) is 4.90 Å². The minimum atomic E-state index is -3.53. The first-order valence-electron chi connectivity index (χ1n) is 5.51. The topological polar surface area (TPSA) is 52.0 Å². The molecule has 0 saturated heterocycles. The third-order valence-electron chi connectivity index (χ3n) is 2.55. The molecule has 0 amide bonds. The SMILES string of the molecule is CCc1nc(C)cn1S(=O)(=O)c1ccc(I)cc1. The van der Waals surface area contributed by atoms with E-state index in [2.05, 4.69) is 27.6 Å². The van der Waals surface area contributed by atoms with Crippen molar-refractivity contribution < 1.29 is 8.42 Å². The van der Waals surface area contributed by atoms with Gasteiger partial charge in [0.15, 0.2) is 0 Å². The Kier molecular flexibility index (Phi) is 3.76. The van der Waals surface area contributed by atoms with Gasteiger partial charge in [-0.15, -0.1) is 0 Å². The summed E-state index contributed by atoms with van der Waals surface area (Å²) in [4.78, 5) is 4.51. The van der Waals surface area contributed by atoms with Crippen LogP contribution in [0.5, 0.6) is 0 Å². The van der Waals surface area contributed by atoms with E-state index < -0.39 is 10.0 Å². The lowest BCUT2D eigenvalue weighted by molar-refractivity contribution is 0.584. The molecule has 0 unspecified atom stereocenters. The molecule has 0 aliphatic rings. The van der Waals surface area contributed by atoms with Crippen LogP contribution in [0.1, 0.15) is 18.4 Å². The van der Waals surface area contributed by atoms with Crippen LogP contribution in [-0.2, 0) is 16.4 Å². The zero-order chi connectivity index (χ0) is 13.3. The number of hydrogen-bond donors (Lipinski definition) is 0. The molecular formula is C12H13IN2O2S. The molecule has 0 aliphatic heterocycles. The molecule has 1 aromatic heterocycles. The maximum atomic E-state index is 12.5. The zero-order valence-electron chi connectivity index (χ0n) is 10.1. The molecule has 0 radical (unpaired) electrons. The van der Waals surface area contributed by atoms with Gasteiger partial charge in [-0.05, 0) is 53.8 Å². The molecule has 0 spiro atoms. The molecule has 2 aromatic rings. The number of aromatic nitrogens is 2. The molecule has 0 atom stereocenters. The largest absolute Gasteiger partial charge is 0.269 e. The van der Waals surface area contributed by atoms with E-state index in [1.807, 2.05) is 6.92 Å². The molecule has 6 heteroatoms. The van der Waals surface area contributed by atoms with Crippen molar-refractivity contribution in [1.82, 2.24) is 8.96 Å². The second-order valence-corrected chi connectivity index (χ2v) is 6.97. The molecule has 96 valence electrons. The number of rotatable bonds is 3. The van der Waals surface area contributed by atoms with Crippen LogP contribution in [0.4, 0.5) is 0 Å². The second-order valence-electron chi connectivity index (χ2n) is 3.91. The number of nitrogens with zero attached hydrogens (tertiary/aromatic N) is 2. The molecule has 0 bridgehead atoms. The number of benzene rings is 1. The lowest BCUT2D eigenvalue weighted by Gasteiger charge is -2.08. The van der Waals surface area contributed by atoms with E-state index in [0.29, 0.717) is 17.9 Å². The van der Waals surface area contributed by atoms with Gasteiger partial charge < -0.3 is 0 Å². The minimum absolute atomic E-state index is 0.287. The highest BCUT2D eigenvalue weighted by molar-refractivity contribution is 14.1. The summed E-state index contributed by atoms with van der Waals surface area (Å²) in [7, 11) is -3.53. The van der Waals surface area contributed by atoms with Crippen molar-refractivity contribution in [2.24, 2.45) is 0 Å². The predicted molar refractivity (Wildman–Crippen MR) is 78.1 cm³/mol. The summed E-state index contributed by atoms with van der Waals surface area (Å²) in [5.74, 6) is 0.561. The van der Waals surface area contributed by atoms with Crippen LogP contribution in [0.2, 0.25) is 0 Å². The van der Waals surface area contributed by atoms with E-state index in [9.17, 15) is 8.42 Å². The Morgan fingerprint density at radius 3 is 2.44 bits per heavy atom. The first-order chi connectivity index (χ1) is 8.45. The molecule has 0 N–H and O–H groups in total. The van der Waals surface area contributed by atoms with Crippen molar-refractivity contribution in [3.05, 3.63) is 45.6 Å². The maximum absolute atomic E-state index is 12.5. The second kappa shape index (κ2) is 5.00. The number of aryl methyl sites for hydroxylation is 2. The van der Waals surface area contributed by atoms with Gasteiger partial charge >= 0.3 is 0 Å². The fourth-order valence-electron chi connectivity index (χ4n) is 1.69. The zero-order valence-corrected chi connectivity index (χ0v) is 13.1. The summed E-state index contributed by atoms with van der Waals surface area (Å²) < 4.78 is 27.2. The van der Waals surface area contributed by atoms with E-state index in [1.54, 1.807) is 37.4 Å². The van der Waals surface area contributed by atoms with Crippen molar-refractivity contribution in [2.45, 2.75) is 25.2 Å². The molecule has 18 heavy (non-hydrogen) atoms. The number of imidazole rings is 1. The Morgan fingerprint density at radius 2 is 1.89 bits per heavy atom. The maximum Gasteiger partial charge on any atom is 0.269 e. The average molecular weight is 376 g/mol. The molecule has 0 fully saturated rings. The van der Waals surface area contributed by atoms with Crippen molar-refractivity contribution in [3.8, 4) is 0 Å². The fourth-order valence-corrected chi connectivity index (χ4v) is 3.49. The highest BCUT2D eigenvalue weighted by Gasteiger charge is 2.20. The number of hydrogen-bond acceptors (Lipinski definition) is 3. The molecular weight excluding hydrogens is 363 g/mol. The molecule has 1 aromatic carbocycles. The van der Waals surface area contributed by atoms with E-state index in [0.717, 1.165) is 3.57 Å². The Labute approximate surface area is 120 Å². The molecule has 0 saturated carbocycles. The monoisotopic (exact) mass is 376 g/mol. The van der Waals surface area contributed by atoms with Crippen LogP contribution < -0.4 is 0 Å². The minimum Gasteiger partial charge on any atom is -0.238 e. The normalized spacial score (nSPS) is 11.7. The van der Waals surface area contributed by atoms with Crippen molar-refractivity contribution in [3.63, 3.8) is 0 Å². The summed E-state index contributed by atoms with van der Waals surface area (Å²) >= 11 is 2.14. The van der Waals surface area contributed by atoms with Gasteiger partial charge in [0.05, 0.1) is 10.6 Å². The van der Waals surface area contributed by atoms with E-state index in [1.165, 1.54) is 3.97 Å². The Balaban J connectivity index is 2.57. The summed E-state index contributed by atoms with van der Waals surface area (Å²) in [5, 5.41) is 0. The van der Waals surface area contributed by atoms with Gasteiger partial charge in [0.2, 0.25) is 0 Å². The van der Waals surface area contributed by atoms with Gasteiger partial charge in [0.25, 0.3) is 10.0 Å². The first kappa shape index (κ1) is 13.5.